The number of hydrogen-bond donors (Lipinski definition) is 1. The molecule has 4 aromatic heterocycles. The number of aromatic amines is 1. The highest BCUT2D eigenvalue weighted by molar-refractivity contribution is 5.53. The van der Waals surface area contributed by atoms with E-state index in [0.717, 1.165) is 35.7 Å². The monoisotopic (exact) mass is 316 g/mol. The van der Waals surface area contributed by atoms with Crippen molar-refractivity contribution in [1.82, 2.24) is 24.6 Å². The number of anilines is 1. The largest absolute Gasteiger partial charge is 0.348 e. The first kappa shape index (κ1) is 13.3. The number of nitrogens with zero attached hydrogens (tertiary/aromatic N) is 5. The van der Waals surface area contributed by atoms with Crippen LogP contribution < -0.4 is 4.90 Å². The molecule has 118 valence electrons. The summed E-state index contributed by atoms with van der Waals surface area (Å²) in [5, 5.41) is 4.78. The van der Waals surface area contributed by atoms with Gasteiger partial charge in [0.1, 0.15) is 11.9 Å². The van der Waals surface area contributed by atoms with Gasteiger partial charge in [0.15, 0.2) is 0 Å². The highest BCUT2D eigenvalue weighted by Gasteiger charge is 2.33. The molecule has 0 aliphatic carbocycles. The minimum Gasteiger partial charge on any atom is -0.348 e. The van der Waals surface area contributed by atoms with Gasteiger partial charge in [-0.05, 0) is 30.3 Å². The molecule has 0 saturated heterocycles. The van der Waals surface area contributed by atoms with Crippen LogP contribution in [0.2, 0.25) is 0 Å². The van der Waals surface area contributed by atoms with E-state index in [2.05, 4.69) is 32.0 Å². The van der Waals surface area contributed by atoms with E-state index < -0.39 is 0 Å². The number of rotatable bonds is 2. The Morgan fingerprint density at radius 1 is 1.08 bits per heavy atom. The lowest BCUT2D eigenvalue weighted by atomic mass is 9.99. The van der Waals surface area contributed by atoms with Crippen LogP contribution in [0.3, 0.4) is 0 Å². The summed E-state index contributed by atoms with van der Waals surface area (Å²) in [6, 6.07) is 14.2. The molecular formula is C18H16N6. The fourth-order valence-electron chi connectivity index (χ4n) is 3.44. The summed E-state index contributed by atoms with van der Waals surface area (Å²) in [6.07, 6.45) is 6.50. The molecule has 0 saturated carbocycles. The van der Waals surface area contributed by atoms with Gasteiger partial charge in [-0.1, -0.05) is 12.1 Å². The van der Waals surface area contributed by atoms with Crippen molar-refractivity contribution < 1.29 is 0 Å². The molecule has 1 atom stereocenters. The zero-order chi connectivity index (χ0) is 15.9. The van der Waals surface area contributed by atoms with Crippen LogP contribution in [0.1, 0.15) is 23.1 Å². The second kappa shape index (κ2) is 5.19. The van der Waals surface area contributed by atoms with E-state index in [4.69, 9.17) is 5.10 Å². The summed E-state index contributed by atoms with van der Waals surface area (Å²) in [4.78, 5) is 14.7. The van der Waals surface area contributed by atoms with Gasteiger partial charge < -0.3 is 9.88 Å². The van der Waals surface area contributed by atoms with Crippen molar-refractivity contribution in [2.24, 2.45) is 0 Å². The first-order chi connectivity index (χ1) is 11.9. The molecule has 1 N–H and O–H groups in total. The SMILES string of the molecule is c1ccc(N2CCc3[nH]cnc3[C@H]2c2cc3ccccn3n2)nc1. The standard InChI is InChI=1S/C18H16N6/c1-3-8-19-16(6-1)23-10-7-14-17(21-12-20-14)18(23)15-11-13-5-2-4-9-24(13)22-15/h1-6,8-9,11-12,18H,7,10H2,(H,20,21)/t18-/m1/s1. The van der Waals surface area contributed by atoms with E-state index >= 15 is 0 Å². The molecule has 0 radical (unpaired) electrons. The number of hydrogen-bond acceptors (Lipinski definition) is 4. The lowest BCUT2D eigenvalue weighted by molar-refractivity contribution is 0.610. The molecule has 1 aliphatic heterocycles. The first-order valence-electron chi connectivity index (χ1n) is 8.04. The van der Waals surface area contributed by atoms with Crippen molar-refractivity contribution >= 4 is 11.3 Å². The highest BCUT2D eigenvalue weighted by atomic mass is 15.3. The molecule has 5 rings (SSSR count). The third kappa shape index (κ3) is 2.00. The maximum atomic E-state index is 4.78. The molecule has 6 heteroatoms. The Balaban J connectivity index is 1.68. The van der Waals surface area contributed by atoms with Crippen molar-refractivity contribution in [3.05, 3.63) is 78.3 Å². The number of pyridine rings is 2. The topological polar surface area (TPSA) is 62.1 Å². The minimum atomic E-state index is -0.0326. The Morgan fingerprint density at radius 3 is 2.92 bits per heavy atom. The van der Waals surface area contributed by atoms with Gasteiger partial charge in [0.2, 0.25) is 0 Å². The van der Waals surface area contributed by atoms with E-state index in [1.807, 2.05) is 47.2 Å². The second-order valence-corrected chi connectivity index (χ2v) is 5.94. The highest BCUT2D eigenvalue weighted by Crippen LogP contribution is 2.35. The Labute approximate surface area is 138 Å². The Morgan fingerprint density at radius 2 is 2.04 bits per heavy atom. The molecule has 4 aromatic rings. The molecule has 0 bridgehead atoms. The zero-order valence-corrected chi connectivity index (χ0v) is 13.0. The average molecular weight is 316 g/mol. The van der Waals surface area contributed by atoms with Crippen molar-refractivity contribution in [3.63, 3.8) is 0 Å². The fourth-order valence-corrected chi connectivity index (χ4v) is 3.44. The number of aromatic nitrogens is 5. The predicted octanol–water partition coefficient (Wildman–Crippen LogP) is 2.60. The van der Waals surface area contributed by atoms with E-state index in [0.29, 0.717) is 0 Å². The molecule has 0 aromatic carbocycles. The number of H-pyrrole nitrogens is 1. The van der Waals surface area contributed by atoms with Crippen LogP contribution in [0.15, 0.2) is 61.2 Å². The van der Waals surface area contributed by atoms with Gasteiger partial charge in [0, 0.05) is 31.1 Å². The normalized spacial score (nSPS) is 17.2. The van der Waals surface area contributed by atoms with Gasteiger partial charge in [-0.25, -0.2) is 14.5 Å². The third-order valence-corrected chi connectivity index (χ3v) is 4.54. The molecule has 0 amide bonds. The van der Waals surface area contributed by atoms with Gasteiger partial charge in [-0.15, -0.1) is 0 Å². The number of imidazole rings is 1. The van der Waals surface area contributed by atoms with Crippen molar-refractivity contribution in [3.8, 4) is 0 Å². The Kier molecular flexibility index (Phi) is 2.88. The average Bonchev–Trinajstić information content (AvgIpc) is 3.28. The molecule has 0 unspecified atom stereocenters. The maximum absolute atomic E-state index is 4.78. The third-order valence-electron chi connectivity index (χ3n) is 4.54. The first-order valence-corrected chi connectivity index (χ1v) is 8.04. The van der Waals surface area contributed by atoms with Crippen molar-refractivity contribution in [1.29, 1.82) is 0 Å². The van der Waals surface area contributed by atoms with Gasteiger partial charge in [-0.3, -0.25) is 0 Å². The fraction of sp³-hybridized carbons (Fsp3) is 0.167. The summed E-state index contributed by atoms with van der Waals surface area (Å²) in [7, 11) is 0. The van der Waals surface area contributed by atoms with Gasteiger partial charge in [0.25, 0.3) is 0 Å². The zero-order valence-electron chi connectivity index (χ0n) is 13.0. The van der Waals surface area contributed by atoms with Crippen LogP contribution in [-0.2, 0) is 6.42 Å². The van der Waals surface area contributed by atoms with Gasteiger partial charge >= 0.3 is 0 Å². The van der Waals surface area contributed by atoms with Crippen molar-refractivity contribution in [2.45, 2.75) is 12.5 Å². The molecule has 6 nitrogen and oxygen atoms in total. The number of nitrogens with one attached hydrogen (secondary N) is 1. The predicted molar refractivity (Wildman–Crippen MR) is 90.9 cm³/mol. The van der Waals surface area contributed by atoms with Crippen LogP contribution in [0.4, 0.5) is 5.82 Å². The quantitative estimate of drug-likeness (QED) is 0.617. The van der Waals surface area contributed by atoms with Crippen LogP contribution in [0.25, 0.3) is 5.52 Å². The number of fused-ring (bicyclic) bond motifs is 2. The van der Waals surface area contributed by atoms with E-state index in [-0.39, 0.29) is 6.04 Å². The maximum Gasteiger partial charge on any atom is 0.129 e. The van der Waals surface area contributed by atoms with Crippen LogP contribution >= 0.6 is 0 Å². The Hall–Kier alpha value is -3.15. The van der Waals surface area contributed by atoms with Gasteiger partial charge in [0.05, 0.1) is 23.2 Å². The smallest absolute Gasteiger partial charge is 0.129 e. The Bertz CT molecular complexity index is 954. The lowest BCUT2D eigenvalue weighted by Crippen LogP contribution is -2.37. The summed E-state index contributed by atoms with van der Waals surface area (Å²) in [5.74, 6) is 0.952. The van der Waals surface area contributed by atoms with E-state index in [9.17, 15) is 0 Å². The van der Waals surface area contributed by atoms with Gasteiger partial charge in [-0.2, -0.15) is 5.10 Å². The summed E-state index contributed by atoms with van der Waals surface area (Å²) in [5.41, 5.74) is 4.29. The molecule has 0 fully saturated rings. The lowest BCUT2D eigenvalue weighted by Gasteiger charge is -2.34. The van der Waals surface area contributed by atoms with E-state index in [1.54, 1.807) is 6.33 Å². The van der Waals surface area contributed by atoms with Crippen LogP contribution in [-0.4, -0.2) is 31.1 Å². The minimum absolute atomic E-state index is 0.0326. The molecule has 1 aliphatic rings. The van der Waals surface area contributed by atoms with Crippen LogP contribution in [0.5, 0.6) is 0 Å². The summed E-state index contributed by atoms with van der Waals surface area (Å²) >= 11 is 0. The van der Waals surface area contributed by atoms with Crippen LogP contribution in [0, 0.1) is 0 Å². The molecule has 24 heavy (non-hydrogen) atoms. The summed E-state index contributed by atoms with van der Waals surface area (Å²) < 4.78 is 1.91. The molecular weight excluding hydrogens is 300 g/mol. The summed E-state index contributed by atoms with van der Waals surface area (Å²) in [6.45, 7) is 0.880. The molecule has 0 spiro atoms. The van der Waals surface area contributed by atoms with E-state index in [1.165, 1.54) is 5.69 Å². The van der Waals surface area contributed by atoms with Crippen molar-refractivity contribution in [2.75, 3.05) is 11.4 Å². The molecule has 5 heterocycles. The second-order valence-electron chi connectivity index (χ2n) is 5.94.